The second-order valence-electron chi connectivity index (χ2n) is 3.72. The zero-order valence-electron chi connectivity index (χ0n) is 10.3. The lowest BCUT2D eigenvalue weighted by molar-refractivity contribution is 0.186. The van der Waals surface area contributed by atoms with Crippen LogP contribution in [0.15, 0.2) is 0 Å². The molecule has 1 saturated carbocycles. The van der Waals surface area contributed by atoms with E-state index in [1.807, 2.05) is 0 Å². The number of aliphatic hydroxyl groups is 4. The van der Waals surface area contributed by atoms with Gasteiger partial charge in [-0.05, 0) is 12.8 Å². The van der Waals surface area contributed by atoms with Crippen molar-refractivity contribution in [3.8, 4) is 0 Å². The molecule has 0 radical (unpaired) electrons. The van der Waals surface area contributed by atoms with Crippen molar-refractivity contribution in [1.82, 2.24) is 0 Å². The smallest absolute Gasteiger partial charge is 0.0662 e. The highest BCUT2D eigenvalue weighted by atomic mass is 16.3. The van der Waals surface area contributed by atoms with Gasteiger partial charge in [0.2, 0.25) is 0 Å². The number of hydrogen-bond acceptors (Lipinski definition) is 4. The van der Waals surface area contributed by atoms with Gasteiger partial charge in [-0.1, -0.05) is 38.5 Å². The van der Waals surface area contributed by atoms with Gasteiger partial charge in [-0.15, -0.1) is 0 Å². The van der Waals surface area contributed by atoms with Crippen molar-refractivity contribution in [2.24, 2.45) is 0 Å². The number of rotatable bonds is 4. The van der Waals surface area contributed by atoms with Crippen molar-refractivity contribution < 1.29 is 20.4 Å². The summed E-state index contributed by atoms with van der Waals surface area (Å²) in [6.45, 7) is 0.140. The zero-order chi connectivity index (χ0) is 12.5. The summed E-state index contributed by atoms with van der Waals surface area (Å²) < 4.78 is 0. The highest BCUT2D eigenvalue weighted by Gasteiger charge is 1.95. The predicted molar refractivity (Wildman–Crippen MR) is 65.3 cm³/mol. The third kappa shape index (κ3) is 23.6. The summed E-state index contributed by atoms with van der Waals surface area (Å²) in [5.41, 5.74) is 0. The molecule has 1 aliphatic rings. The first-order valence-electron chi connectivity index (χ1n) is 6.26. The zero-order valence-corrected chi connectivity index (χ0v) is 10.3. The van der Waals surface area contributed by atoms with Crippen LogP contribution >= 0.6 is 0 Å². The quantitative estimate of drug-likeness (QED) is 0.550. The molecule has 1 aliphatic carbocycles. The predicted octanol–water partition coefficient (Wildman–Crippen LogP) is 1.06. The highest BCUT2D eigenvalue weighted by molar-refractivity contribution is 4.51. The topological polar surface area (TPSA) is 80.9 Å². The highest BCUT2D eigenvalue weighted by Crippen LogP contribution is 2.15. The molecule has 0 aromatic carbocycles. The number of unbranched alkanes of at least 4 members (excludes halogenated alkanes) is 1. The molecule has 4 nitrogen and oxygen atoms in total. The summed E-state index contributed by atoms with van der Waals surface area (Å²) in [5, 5.41) is 31.4. The minimum atomic E-state index is -0.125. The molecule has 0 bridgehead atoms. The largest absolute Gasteiger partial charge is 0.396 e. The van der Waals surface area contributed by atoms with Crippen molar-refractivity contribution in [1.29, 1.82) is 0 Å². The molecular weight excluding hydrogens is 208 g/mol. The third-order valence-electron chi connectivity index (χ3n) is 2.17. The molecule has 0 spiro atoms. The summed E-state index contributed by atoms with van der Waals surface area (Å²) in [6.07, 6.45) is 10.4. The molecule has 0 aromatic rings. The second-order valence-corrected chi connectivity index (χ2v) is 3.72. The van der Waals surface area contributed by atoms with Crippen LogP contribution < -0.4 is 0 Å². The van der Waals surface area contributed by atoms with E-state index in [2.05, 4.69) is 0 Å². The fraction of sp³-hybridized carbons (Fsp3) is 1.00. The van der Waals surface area contributed by atoms with Gasteiger partial charge in [-0.25, -0.2) is 0 Å². The van der Waals surface area contributed by atoms with Crippen LogP contribution in [-0.2, 0) is 0 Å². The van der Waals surface area contributed by atoms with Gasteiger partial charge in [0.1, 0.15) is 0 Å². The van der Waals surface area contributed by atoms with Gasteiger partial charge < -0.3 is 20.4 Å². The summed E-state index contributed by atoms with van der Waals surface area (Å²) in [7, 11) is 0. The monoisotopic (exact) mass is 236 g/mol. The Hall–Kier alpha value is -0.160. The third-order valence-corrected chi connectivity index (χ3v) is 2.17. The SMILES string of the molecule is C1CCCCC1.OCCCCO.OCCO. The summed E-state index contributed by atoms with van der Waals surface area (Å²) in [4.78, 5) is 0. The molecule has 4 N–H and O–H groups in total. The van der Waals surface area contributed by atoms with Crippen LogP contribution in [0.1, 0.15) is 51.4 Å². The summed E-state index contributed by atoms with van der Waals surface area (Å²) >= 11 is 0. The van der Waals surface area contributed by atoms with Crippen LogP contribution in [-0.4, -0.2) is 46.9 Å². The maximum atomic E-state index is 8.09. The van der Waals surface area contributed by atoms with Gasteiger partial charge in [0, 0.05) is 13.2 Å². The van der Waals surface area contributed by atoms with E-state index in [9.17, 15) is 0 Å². The molecule has 1 fully saturated rings. The summed E-state index contributed by atoms with van der Waals surface area (Å²) in [6, 6.07) is 0. The first-order chi connectivity index (χ1) is 7.83. The molecule has 0 heterocycles. The first kappa shape index (κ1) is 18.2. The number of aliphatic hydroxyl groups excluding tert-OH is 4. The maximum Gasteiger partial charge on any atom is 0.0662 e. The van der Waals surface area contributed by atoms with E-state index in [1.54, 1.807) is 0 Å². The lowest BCUT2D eigenvalue weighted by atomic mass is 10.0. The van der Waals surface area contributed by atoms with Crippen LogP contribution in [0.25, 0.3) is 0 Å². The van der Waals surface area contributed by atoms with Crippen molar-refractivity contribution in [3.63, 3.8) is 0 Å². The van der Waals surface area contributed by atoms with Crippen LogP contribution in [0.3, 0.4) is 0 Å². The van der Waals surface area contributed by atoms with E-state index in [0.717, 1.165) is 12.8 Å². The van der Waals surface area contributed by atoms with E-state index >= 15 is 0 Å². The molecule has 16 heavy (non-hydrogen) atoms. The Morgan fingerprint density at radius 3 is 0.812 bits per heavy atom. The van der Waals surface area contributed by atoms with Crippen molar-refractivity contribution in [2.45, 2.75) is 51.4 Å². The van der Waals surface area contributed by atoms with E-state index in [4.69, 9.17) is 20.4 Å². The molecular formula is C12H28O4. The van der Waals surface area contributed by atoms with E-state index in [-0.39, 0.29) is 26.4 Å². The Balaban J connectivity index is 0. The molecule has 0 atom stereocenters. The Morgan fingerprint density at radius 1 is 0.438 bits per heavy atom. The average Bonchev–Trinajstić information content (AvgIpc) is 2.39. The minimum Gasteiger partial charge on any atom is -0.396 e. The first-order valence-corrected chi connectivity index (χ1v) is 6.26. The molecule has 1 rings (SSSR count). The molecule has 4 heteroatoms. The fourth-order valence-electron chi connectivity index (χ4n) is 1.28. The summed E-state index contributed by atoms with van der Waals surface area (Å²) in [5.74, 6) is 0. The maximum absolute atomic E-state index is 8.09. The van der Waals surface area contributed by atoms with E-state index in [1.165, 1.54) is 38.5 Å². The molecule has 0 aliphatic heterocycles. The van der Waals surface area contributed by atoms with Gasteiger partial charge in [-0.3, -0.25) is 0 Å². The molecule has 0 amide bonds. The van der Waals surface area contributed by atoms with Crippen LogP contribution in [0.5, 0.6) is 0 Å². The number of hydrogen-bond donors (Lipinski definition) is 4. The van der Waals surface area contributed by atoms with Gasteiger partial charge in [0.15, 0.2) is 0 Å². The Bertz CT molecular complexity index is 77.5. The van der Waals surface area contributed by atoms with Gasteiger partial charge in [0.05, 0.1) is 13.2 Å². The van der Waals surface area contributed by atoms with Crippen molar-refractivity contribution in [3.05, 3.63) is 0 Å². The molecule has 0 unspecified atom stereocenters. The van der Waals surface area contributed by atoms with Crippen LogP contribution in [0.2, 0.25) is 0 Å². The minimum absolute atomic E-state index is 0.125. The van der Waals surface area contributed by atoms with Crippen molar-refractivity contribution >= 4 is 0 Å². The normalized spacial score (nSPS) is 14.2. The van der Waals surface area contributed by atoms with Gasteiger partial charge in [0.25, 0.3) is 0 Å². The van der Waals surface area contributed by atoms with E-state index < -0.39 is 0 Å². The molecule has 0 saturated heterocycles. The van der Waals surface area contributed by atoms with E-state index in [0.29, 0.717) is 0 Å². The lowest BCUT2D eigenvalue weighted by Gasteiger charge is -2.05. The standard InChI is InChI=1S/C6H12.C4H10O2.C2H6O2/c1-2-4-6-5-3-1;5-3-1-2-4-6;3-1-2-4/h1-6H2;5-6H,1-4H2;3-4H,1-2H2. The fourth-order valence-corrected chi connectivity index (χ4v) is 1.28. The Kier molecular flexibility index (Phi) is 23.1. The average molecular weight is 236 g/mol. The molecule has 0 aromatic heterocycles. The van der Waals surface area contributed by atoms with Crippen LogP contribution in [0.4, 0.5) is 0 Å². The van der Waals surface area contributed by atoms with Gasteiger partial charge >= 0.3 is 0 Å². The van der Waals surface area contributed by atoms with Gasteiger partial charge in [-0.2, -0.15) is 0 Å². The Labute approximate surface area is 98.9 Å². The second kappa shape index (κ2) is 20.3. The van der Waals surface area contributed by atoms with Crippen molar-refractivity contribution in [2.75, 3.05) is 26.4 Å². The Morgan fingerprint density at radius 2 is 0.688 bits per heavy atom. The van der Waals surface area contributed by atoms with Crippen LogP contribution in [0, 0.1) is 0 Å². The molecule has 100 valence electrons. The lowest BCUT2D eigenvalue weighted by Crippen LogP contribution is -1.85.